The van der Waals surface area contributed by atoms with Crippen LogP contribution in [0.4, 0.5) is 17.2 Å². The maximum Gasteiger partial charge on any atom is 0.255 e. The second-order valence-electron chi connectivity index (χ2n) is 6.93. The number of carbonyl (C=O) groups is 1. The van der Waals surface area contributed by atoms with Gasteiger partial charge in [0.1, 0.15) is 5.82 Å². The lowest BCUT2D eigenvalue weighted by atomic mass is 10.1. The second-order valence-corrected chi connectivity index (χ2v) is 6.93. The van der Waals surface area contributed by atoms with Crippen molar-refractivity contribution in [3.8, 4) is 0 Å². The van der Waals surface area contributed by atoms with Crippen molar-refractivity contribution in [3.63, 3.8) is 0 Å². The molecule has 26 heavy (non-hydrogen) atoms. The van der Waals surface area contributed by atoms with E-state index in [2.05, 4.69) is 46.5 Å². The van der Waals surface area contributed by atoms with Crippen LogP contribution < -0.4 is 15.5 Å². The zero-order valence-electron chi connectivity index (χ0n) is 15.7. The number of nitrogens with zero attached hydrogens (tertiary/aromatic N) is 2. The summed E-state index contributed by atoms with van der Waals surface area (Å²) in [6.45, 7) is 6.45. The average Bonchev–Trinajstić information content (AvgIpc) is 2.69. The highest BCUT2D eigenvalue weighted by molar-refractivity contribution is 6.04. The van der Waals surface area contributed by atoms with Gasteiger partial charge in [0, 0.05) is 42.3 Å². The van der Waals surface area contributed by atoms with Gasteiger partial charge >= 0.3 is 0 Å². The Balaban J connectivity index is 1.63. The van der Waals surface area contributed by atoms with Gasteiger partial charge in [0.15, 0.2) is 0 Å². The Morgan fingerprint density at radius 1 is 1.15 bits per heavy atom. The molecule has 0 bridgehead atoms. The van der Waals surface area contributed by atoms with E-state index in [1.807, 2.05) is 12.1 Å². The Hall–Kier alpha value is -2.56. The van der Waals surface area contributed by atoms with Crippen molar-refractivity contribution in [2.45, 2.75) is 45.6 Å². The molecule has 1 atom stereocenters. The molecule has 0 saturated carbocycles. The molecule has 2 N–H and O–H groups in total. The van der Waals surface area contributed by atoms with Crippen LogP contribution in [0.1, 0.15) is 49.9 Å². The monoisotopic (exact) mass is 352 g/mol. The van der Waals surface area contributed by atoms with Gasteiger partial charge in [-0.2, -0.15) is 0 Å². The number of hydrogen-bond acceptors (Lipinski definition) is 4. The minimum atomic E-state index is -0.120. The van der Waals surface area contributed by atoms with Crippen LogP contribution in [0.2, 0.25) is 0 Å². The summed E-state index contributed by atoms with van der Waals surface area (Å²) >= 11 is 0. The third-order valence-electron chi connectivity index (χ3n) is 4.88. The highest BCUT2D eigenvalue weighted by Gasteiger charge is 2.12. The molecule has 1 aromatic carbocycles. The molecule has 5 nitrogen and oxygen atoms in total. The fourth-order valence-corrected chi connectivity index (χ4v) is 3.12. The van der Waals surface area contributed by atoms with Crippen molar-refractivity contribution in [3.05, 3.63) is 48.2 Å². The van der Waals surface area contributed by atoms with Crippen molar-refractivity contribution in [1.82, 2.24) is 4.98 Å². The molecule has 3 rings (SSSR count). The number of piperidine rings is 1. The molecule has 0 radical (unpaired) electrons. The Morgan fingerprint density at radius 3 is 2.58 bits per heavy atom. The maximum atomic E-state index is 12.5. The fourth-order valence-electron chi connectivity index (χ4n) is 3.12. The molecular weight excluding hydrogens is 324 g/mol. The van der Waals surface area contributed by atoms with Crippen LogP contribution in [0.25, 0.3) is 0 Å². The van der Waals surface area contributed by atoms with Gasteiger partial charge in [-0.25, -0.2) is 4.98 Å². The summed E-state index contributed by atoms with van der Waals surface area (Å²) < 4.78 is 0. The quantitative estimate of drug-likeness (QED) is 0.802. The largest absolute Gasteiger partial charge is 0.372 e. The number of nitrogens with one attached hydrogen (secondary N) is 2. The molecule has 1 aliphatic rings. The van der Waals surface area contributed by atoms with E-state index >= 15 is 0 Å². The first kappa shape index (κ1) is 18.2. The van der Waals surface area contributed by atoms with Crippen LogP contribution >= 0.6 is 0 Å². The Labute approximate surface area is 155 Å². The summed E-state index contributed by atoms with van der Waals surface area (Å²) in [5, 5.41) is 6.27. The van der Waals surface area contributed by atoms with Gasteiger partial charge in [0.2, 0.25) is 0 Å². The van der Waals surface area contributed by atoms with Crippen molar-refractivity contribution in [2.75, 3.05) is 28.6 Å². The molecule has 1 saturated heterocycles. The molecule has 138 valence electrons. The molecule has 1 unspecified atom stereocenters. The molecule has 2 aromatic rings. The second kappa shape index (κ2) is 8.70. The number of anilines is 3. The molecule has 1 aromatic heterocycles. The molecule has 2 heterocycles. The standard InChI is InChI=1S/C21H28N4O/c1-3-16(2)23-20-15-17(11-12-22-20)21(26)24-18-7-9-19(10-8-18)25-13-5-4-6-14-25/h7-12,15-16H,3-6,13-14H2,1-2H3,(H,22,23)(H,24,26). The molecular formula is C21H28N4O. The maximum absolute atomic E-state index is 12.5. The van der Waals surface area contributed by atoms with Gasteiger partial charge in [-0.05, 0) is 69.0 Å². The summed E-state index contributed by atoms with van der Waals surface area (Å²) in [6, 6.07) is 12.0. The first-order valence-electron chi connectivity index (χ1n) is 9.54. The lowest BCUT2D eigenvalue weighted by molar-refractivity contribution is 0.102. The topological polar surface area (TPSA) is 57.3 Å². The first-order valence-corrected chi connectivity index (χ1v) is 9.54. The molecule has 1 amide bonds. The minimum absolute atomic E-state index is 0.120. The van der Waals surface area contributed by atoms with Crippen molar-refractivity contribution >= 4 is 23.1 Å². The van der Waals surface area contributed by atoms with Crippen molar-refractivity contribution < 1.29 is 4.79 Å². The molecule has 1 aliphatic heterocycles. The number of carbonyl (C=O) groups excluding carboxylic acids is 1. The van der Waals surface area contributed by atoms with Gasteiger partial charge in [-0.1, -0.05) is 6.92 Å². The Kier molecular flexibility index (Phi) is 6.10. The normalized spacial score (nSPS) is 15.4. The van der Waals surface area contributed by atoms with E-state index in [1.165, 1.54) is 24.9 Å². The van der Waals surface area contributed by atoms with E-state index in [4.69, 9.17) is 0 Å². The zero-order chi connectivity index (χ0) is 18.4. The average molecular weight is 352 g/mol. The SMILES string of the molecule is CCC(C)Nc1cc(C(=O)Nc2ccc(N3CCCCC3)cc2)ccn1. The summed E-state index contributed by atoms with van der Waals surface area (Å²) in [5.74, 6) is 0.609. The summed E-state index contributed by atoms with van der Waals surface area (Å²) in [5.41, 5.74) is 2.64. The predicted molar refractivity (Wildman–Crippen MR) is 108 cm³/mol. The number of amides is 1. The van der Waals surface area contributed by atoms with Gasteiger partial charge in [0.05, 0.1) is 0 Å². The summed E-state index contributed by atoms with van der Waals surface area (Å²) in [6.07, 6.45) is 6.51. The molecule has 0 aliphatic carbocycles. The van der Waals surface area contributed by atoms with E-state index in [9.17, 15) is 4.79 Å². The highest BCUT2D eigenvalue weighted by Crippen LogP contribution is 2.22. The Bertz CT molecular complexity index is 723. The summed E-state index contributed by atoms with van der Waals surface area (Å²) in [4.78, 5) is 19.2. The van der Waals surface area contributed by atoms with Crippen LogP contribution in [0.3, 0.4) is 0 Å². The number of benzene rings is 1. The Morgan fingerprint density at radius 2 is 1.88 bits per heavy atom. The van der Waals surface area contributed by atoms with Gasteiger partial charge in [0.25, 0.3) is 5.91 Å². The predicted octanol–water partition coefficient (Wildman–Crippen LogP) is 4.53. The van der Waals surface area contributed by atoms with E-state index < -0.39 is 0 Å². The summed E-state index contributed by atoms with van der Waals surface area (Å²) in [7, 11) is 0. The molecule has 5 heteroatoms. The van der Waals surface area contributed by atoms with E-state index in [1.54, 1.807) is 18.3 Å². The van der Waals surface area contributed by atoms with Crippen LogP contribution in [-0.4, -0.2) is 30.0 Å². The minimum Gasteiger partial charge on any atom is -0.372 e. The van der Waals surface area contributed by atoms with Crippen LogP contribution in [0, 0.1) is 0 Å². The lowest BCUT2D eigenvalue weighted by Gasteiger charge is -2.28. The van der Waals surface area contributed by atoms with Gasteiger partial charge in [-0.15, -0.1) is 0 Å². The molecule has 1 fully saturated rings. The number of pyridine rings is 1. The van der Waals surface area contributed by atoms with E-state index in [0.717, 1.165) is 31.0 Å². The van der Waals surface area contributed by atoms with E-state index in [0.29, 0.717) is 11.6 Å². The number of aromatic nitrogens is 1. The van der Waals surface area contributed by atoms with Crippen LogP contribution in [0.5, 0.6) is 0 Å². The highest BCUT2D eigenvalue weighted by atomic mass is 16.1. The number of rotatable bonds is 6. The number of hydrogen-bond donors (Lipinski definition) is 2. The van der Waals surface area contributed by atoms with Gasteiger partial charge < -0.3 is 15.5 Å². The van der Waals surface area contributed by atoms with Crippen molar-refractivity contribution in [2.24, 2.45) is 0 Å². The molecule has 0 spiro atoms. The third kappa shape index (κ3) is 4.75. The first-order chi connectivity index (χ1) is 12.7. The van der Waals surface area contributed by atoms with Crippen LogP contribution in [0.15, 0.2) is 42.6 Å². The fraction of sp³-hybridized carbons (Fsp3) is 0.429. The lowest BCUT2D eigenvalue weighted by Crippen LogP contribution is -2.29. The zero-order valence-corrected chi connectivity index (χ0v) is 15.7. The van der Waals surface area contributed by atoms with Crippen LogP contribution in [-0.2, 0) is 0 Å². The van der Waals surface area contributed by atoms with Gasteiger partial charge in [-0.3, -0.25) is 4.79 Å². The van der Waals surface area contributed by atoms with Crippen molar-refractivity contribution in [1.29, 1.82) is 0 Å². The van der Waals surface area contributed by atoms with E-state index in [-0.39, 0.29) is 5.91 Å². The smallest absolute Gasteiger partial charge is 0.255 e. The third-order valence-corrected chi connectivity index (χ3v) is 4.88.